The summed E-state index contributed by atoms with van der Waals surface area (Å²) in [5.74, 6) is 0.885. The van der Waals surface area contributed by atoms with Gasteiger partial charge in [-0.3, -0.25) is 4.79 Å². The lowest BCUT2D eigenvalue weighted by Crippen LogP contribution is -2.28. The lowest BCUT2D eigenvalue weighted by Gasteiger charge is -2.22. The minimum atomic E-state index is -0.190. The van der Waals surface area contributed by atoms with E-state index in [1.165, 1.54) is 28.5 Å². The van der Waals surface area contributed by atoms with Gasteiger partial charge in [-0.15, -0.1) is 10.2 Å². The van der Waals surface area contributed by atoms with Crippen molar-refractivity contribution in [1.29, 1.82) is 0 Å². The van der Waals surface area contributed by atoms with E-state index in [0.29, 0.717) is 15.9 Å². The summed E-state index contributed by atoms with van der Waals surface area (Å²) in [6.45, 7) is 0. The van der Waals surface area contributed by atoms with Crippen molar-refractivity contribution < 1.29 is 9.53 Å². The van der Waals surface area contributed by atoms with E-state index in [4.69, 9.17) is 15.6 Å². The highest BCUT2D eigenvalue weighted by molar-refractivity contribution is 8.01. The first kappa shape index (κ1) is 21.4. The molecule has 0 aliphatic carbocycles. The van der Waals surface area contributed by atoms with Crippen LogP contribution in [-0.2, 0) is 4.79 Å². The topological polar surface area (TPSA) is 93.7 Å². The Kier molecular flexibility index (Phi) is 5.97. The second-order valence-corrected chi connectivity index (χ2v) is 9.77. The molecule has 33 heavy (non-hydrogen) atoms. The third-order valence-electron chi connectivity index (χ3n) is 5.49. The van der Waals surface area contributed by atoms with Crippen LogP contribution in [0.25, 0.3) is 10.8 Å². The van der Waals surface area contributed by atoms with Crippen molar-refractivity contribution in [1.82, 2.24) is 15.2 Å². The summed E-state index contributed by atoms with van der Waals surface area (Å²) in [7, 11) is 1.64. The monoisotopic (exact) mass is 475 g/mol. The molecule has 1 aliphatic rings. The van der Waals surface area contributed by atoms with Crippen molar-refractivity contribution in [3.8, 4) is 5.75 Å². The third kappa shape index (κ3) is 4.55. The van der Waals surface area contributed by atoms with Crippen molar-refractivity contribution in [3.63, 3.8) is 0 Å². The van der Waals surface area contributed by atoms with Gasteiger partial charge in [-0.2, -0.15) is 5.10 Å². The maximum Gasteiger partial charge on any atom is 0.253 e. The van der Waals surface area contributed by atoms with Crippen molar-refractivity contribution in [2.75, 3.05) is 18.6 Å². The number of benzene rings is 3. The first-order valence-electron chi connectivity index (χ1n) is 10.3. The van der Waals surface area contributed by atoms with Crippen LogP contribution in [0.3, 0.4) is 0 Å². The molecule has 0 radical (unpaired) electrons. The highest BCUT2D eigenvalue weighted by Gasteiger charge is 2.33. The highest BCUT2D eigenvalue weighted by atomic mass is 32.2. The van der Waals surface area contributed by atoms with Crippen molar-refractivity contribution in [3.05, 3.63) is 77.9 Å². The molecule has 2 N–H and O–H groups in total. The number of ether oxygens (including phenoxy) is 1. The highest BCUT2D eigenvalue weighted by Crippen LogP contribution is 2.35. The molecule has 1 atom stereocenters. The molecule has 2 heterocycles. The van der Waals surface area contributed by atoms with Crippen LogP contribution in [0, 0.1) is 0 Å². The number of carbonyl (C=O) groups excluding carboxylic acids is 1. The minimum Gasteiger partial charge on any atom is -0.497 e. The van der Waals surface area contributed by atoms with E-state index >= 15 is 0 Å². The number of fused-ring (bicyclic) bond motifs is 1. The van der Waals surface area contributed by atoms with Crippen molar-refractivity contribution in [2.45, 2.75) is 16.8 Å². The number of rotatable bonds is 6. The maximum absolute atomic E-state index is 13.2. The molecular weight excluding hydrogens is 454 g/mol. The van der Waals surface area contributed by atoms with Gasteiger partial charge in [0.2, 0.25) is 5.13 Å². The van der Waals surface area contributed by atoms with E-state index in [9.17, 15) is 4.79 Å². The van der Waals surface area contributed by atoms with Crippen molar-refractivity contribution in [2.24, 2.45) is 5.10 Å². The number of methoxy groups -OCH3 is 1. The molecular formula is C24H21N5O2S2. The zero-order valence-corrected chi connectivity index (χ0v) is 19.5. The van der Waals surface area contributed by atoms with Crippen LogP contribution in [0.2, 0.25) is 0 Å². The number of thioether (sulfide) groups is 1. The third-order valence-corrected chi connectivity index (χ3v) is 7.36. The Balaban J connectivity index is 1.44. The molecule has 0 fully saturated rings. The Labute approximate surface area is 199 Å². The summed E-state index contributed by atoms with van der Waals surface area (Å²) in [5.41, 5.74) is 8.57. The first-order chi connectivity index (χ1) is 16.1. The van der Waals surface area contributed by atoms with Crippen molar-refractivity contribution >= 4 is 50.6 Å². The van der Waals surface area contributed by atoms with Gasteiger partial charge in [0.05, 0.1) is 24.6 Å². The molecule has 0 spiro atoms. The van der Waals surface area contributed by atoms with Gasteiger partial charge in [-0.05, 0) is 40.1 Å². The minimum absolute atomic E-state index is 0.0922. The Morgan fingerprint density at radius 2 is 1.91 bits per heavy atom. The van der Waals surface area contributed by atoms with E-state index in [2.05, 4.69) is 40.5 Å². The van der Waals surface area contributed by atoms with Crippen LogP contribution in [0.1, 0.15) is 23.6 Å². The molecule has 7 nitrogen and oxygen atoms in total. The number of amides is 1. The second-order valence-electron chi connectivity index (χ2n) is 7.53. The fraction of sp³-hybridized carbons (Fsp3) is 0.167. The number of nitrogens with two attached hydrogens (primary N) is 1. The lowest BCUT2D eigenvalue weighted by molar-refractivity contribution is -0.130. The maximum atomic E-state index is 13.2. The lowest BCUT2D eigenvalue weighted by atomic mass is 9.97. The number of aromatic nitrogens is 2. The summed E-state index contributed by atoms with van der Waals surface area (Å²) in [4.78, 5) is 13.2. The molecule has 9 heteroatoms. The smallest absolute Gasteiger partial charge is 0.253 e. The van der Waals surface area contributed by atoms with Gasteiger partial charge in [0.1, 0.15) is 5.75 Å². The van der Waals surface area contributed by atoms with Gasteiger partial charge < -0.3 is 10.5 Å². The predicted molar refractivity (Wildman–Crippen MR) is 133 cm³/mol. The Bertz CT molecular complexity index is 1340. The number of carbonyl (C=O) groups is 1. The average Bonchev–Trinajstić information content (AvgIpc) is 3.49. The molecule has 1 amide bonds. The molecule has 0 unspecified atom stereocenters. The molecule has 0 saturated heterocycles. The van der Waals surface area contributed by atoms with Crippen LogP contribution < -0.4 is 10.5 Å². The Hall–Kier alpha value is -3.43. The Morgan fingerprint density at radius 3 is 2.64 bits per heavy atom. The fourth-order valence-electron chi connectivity index (χ4n) is 3.84. The van der Waals surface area contributed by atoms with E-state index in [-0.39, 0.29) is 17.7 Å². The number of hydrogen-bond acceptors (Lipinski definition) is 8. The van der Waals surface area contributed by atoms with Gasteiger partial charge in [0.25, 0.3) is 5.91 Å². The van der Waals surface area contributed by atoms with E-state index < -0.39 is 0 Å². The molecule has 1 aliphatic heterocycles. The van der Waals surface area contributed by atoms with Crippen LogP contribution in [0.15, 0.2) is 76.2 Å². The summed E-state index contributed by atoms with van der Waals surface area (Å²) in [5, 5.41) is 16.9. The summed E-state index contributed by atoms with van der Waals surface area (Å²) >= 11 is 2.59. The van der Waals surface area contributed by atoms with E-state index in [1.807, 2.05) is 36.4 Å². The van der Waals surface area contributed by atoms with Crippen LogP contribution >= 0.6 is 23.1 Å². The second kappa shape index (κ2) is 9.21. The van der Waals surface area contributed by atoms with Gasteiger partial charge in [0, 0.05) is 6.42 Å². The molecule has 5 rings (SSSR count). The average molecular weight is 476 g/mol. The zero-order valence-electron chi connectivity index (χ0n) is 17.8. The number of anilines is 1. The van der Waals surface area contributed by atoms with Gasteiger partial charge in [-0.25, -0.2) is 5.01 Å². The fourth-order valence-corrected chi connectivity index (χ4v) is 5.33. The summed E-state index contributed by atoms with van der Waals surface area (Å²) in [6.07, 6.45) is 0.632. The molecule has 3 aromatic carbocycles. The Morgan fingerprint density at radius 1 is 1.12 bits per heavy atom. The van der Waals surface area contributed by atoms with Gasteiger partial charge >= 0.3 is 0 Å². The zero-order chi connectivity index (χ0) is 22.8. The molecule has 0 saturated carbocycles. The molecule has 4 aromatic rings. The summed E-state index contributed by atoms with van der Waals surface area (Å²) < 4.78 is 5.96. The van der Waals surface area contributed by atoms with Crippen LogP contribution in [0.4, 0.5) is 5.13 Å². The van der Waals surface area contributed by atoms with E-state index in [1.54, 1.807) is 12.1 Å². The normalized spacial score (nSPS) is 15.6. The van der Waals surface area contributed by atoms with Crippen LogP contribution in [0.5, 0.6) is 5.75 Å². The SMILES string of the molecule is COc1ccc([C@@H]2CC(c3ccc4ccccc4c3)=NN2C(=O)CSc2nnc(N)s2)cc1. The molecule has 1 aromatic heterocycles. The number of nitrogens with zero attached hydrogens (tertiary/aromatic N) is 4. The van der Waals surface area contributed by atoms with E-state index in [0.717, 1.165) is 28.0 Å². The first-order valence-corrected chi connectivity index (χ1v) is 12.2. The predicted octanol–water partition coefficient (Wildman–Crippen LogP) is 4.75. The largest absolute Gasteiger partial charge is 0.497 e. The molecule has 0 bridgehead atoms. The molecule has 166 valence electrons. The van der Waals surface area contributed by atoms with Gasteiger partial charge in [-0.1, -0.05) is 71.6 Å². The van der Waals surface area contributed by atoms with Gasteiger partial charge in [0.15, 0.2) is 4.34 Å². The standard InChI is InChI=1S/C24H21N5O2S2/c1-31-19-10-8-16(9-11-19)21-13-20(18-7-6-15-4-2-3-5-17(15)12-18)28-29(21)22(30)14-32-24-27-26-23(25)33-24/h2-12,21H,13-14H2,1H3,(H2,25,26)/t21-/m0/s1. The quantitative estimate of drug-likeness (QED) is 0.405. The number of hydrazone groups is 1. The van der Waals surface area contributed by atoms with Crippen LogP contribution in [-0.4, -0.2) is 39.7 Å². The number of hydrogen-bond donors (Lipinski definition) is 1. The number of nitrogen functional groups attached to an aromatic ring is 1. The summed E-state index contributed by atoms with van der Waals surface area (Å²) in [6, 6.07) is 22.1.